The van der Waals surface area contributed by atoms with Gasteiger partial charge in [-0.3, -0.25) is 9.67 Å². The number of hydrogen-bond acceptors (Lipinski definition) is 4. The number of hydrogen-bond donors (Lipinski definition) is 1. The summed E-state index contributed by atoms with van der Waals surface area (Å²) in [4.78, 5) is 8.82. The molecule has 0 atom stereocenters. The molecular weight excluding hydrogens is 344 g/mol. The van der Waals surface area contributed by atoms with Crippen molar-refractivity contribution in [1.82, 2.24) is 24.7 Å². The summed E-state index contributed by atoms with van der Waals surface area (Å²) in [6.45, 7) is -2.62. The van der Waals surface area contributed by atoms with Crippen molar-refractivity contribution in [3.05, 3.63) is 35.9 Å². The molecule has 0 spiro atoms. The van der Waals surface area contributed by atoms with Crippen molar-refractivity contribution in [3.63, 3.8) is 0 Å². The fraction of sp³-hybridized carbons (Fsp3) is 0.471. The fourth-order valence-corrected chi connectivity index (χ4v) is 4.21. The maximum atomic E-state index is 13.4. The molecule has 4 rings (SSSR count). The van der Waals surface area contributed by atoms with E-state index in [1.54, 1.807) is 24.3 Å². The number of thioether (sulfide) groups is 1. The third-order valence-corrected chi connectivity index (χ3v) is 5.51. The van der Waals surface area contributed by atoms with Crippen molar-refractivity contribution in [1.29, 1.82) is 0 Å². The summed E-state index contributed by atoms with van der Waals surface area (Å²) < 4.78 is 27.8. The predicted molar refractivity (Wildman–Crippen MR) is 92.6 cm³/mol. The third kappa shape index (κ3) is 3.53. The predicted octanol–water partition coefficient (Wildman–Crippen LogP) is 4.57. The Hall–Kier alpha value is -1.96. The number of aromatic nitrogens is 5. The van der Waals surface area contributed by atoms with Crippen LogP contribution in [0, 0.1) is 5.92 Å². The highest BCUT2D eigenvalue weighted by Crippen LogP contribution is 2.29. The summed E-state index contributed by atoms with van der Waals surface area (Å²) in [6, 6.07) is 6.95. The van der Waals surface area contributed by atoms with E-state index in [1.807, 2.05) is 0 Å². The average molecular weight is 363 g/mol. The average Bonchev–Trinajstić information content (AvgIpc) is 3.32. The molecule has 25 heavy (non-hydrogen) atoms. The number of rotatable bonds is 6. The molecule has 1 saturated carbocycles. The zero-order valence-electron chi connectivity index (χ0n) is 13.7. The molecule has 2 heterocycles. The lowest BCUT2D eigenvalue weighted by Crippen LogP contribution is -2.03. The van der Waals surface area contributed by atoms with Gasteiger partial charge in [0.15, 0.2) is 0 Å². The fourth-order valence-electron chi connectivity index (χ4n) is 3.46. The first-order chi connectivity index (χ1) is 12.2. The summed E-state index contributed by atoms with van der Waals surface area (Å²) in [5.41, 5.74) is 1.03. The van der Waals surface area contributed by atoms with Gasteiger partial charge in [-0.1, -0.05) is 49.6 Å². The van der Waals surface area contributed by atoms with Gasteiger partial charge in [0, 0.05) is 6.42 Å². The Morgan fingerprint density at radius 1 is 1.20 bits per heavy atom. The molecule has 5 nitrogen and oxygen atoms in total. The van der Waals surface area contributed by atoms with Crippen molar-refractivity contribution in [2.24, 2.45) is 5.92 Å². The Morgan fingerprint density at radius 3 is 2.80 bits per heavy atom. The monoisotopic (exact) mass is 363 g/mol. The number of nitrogens with one attached hydrogen (secondary N) is 1. The first kappa shape index (κ1) is 16.5. The van der Waals surface area contributed by atoms with Gasteiger partial charge in [-0.15, -0.1) is 5.10 Å². The van der Waals surface area contributed by atoms with Crippen LogP contribution in [0.1, 0.15) is 43.9 Å². The Balaban J connectivity index is 1.47. The number of aromatic amines is 1. The van der Waals surface area contributed by atoms with Gasteiger partial charge in [0.25, 0.3) is 0 Å². The number of nitrogens with zero attached hydrogens (tertiary/aromatic N) is 4. The largest absolute Gasteiger partial charge is 0.320 e. The van der Waals surface area contributed by atoms with Gasteiger partial charge in [-0.2, -0.15) is 8.78 Å². The van der Waals surface area contributed by atoms with Gasteiger partial charge >= 0.3 is 6.55 Å². The third-order valence-electron chi connectivity index (χ3n) is 4.66. The van der Waals surface area contributed by atoms with Crippen LogP contribution >= 0.6 is 11.8 Å². The maximum Gasteiger partial charge on any atom is 0.320 e. The number of benzene rings is 1. The van der Waals surface area contributed by atoms with E-state index in [4.69, 9.17) is 0 Å². The molecule has 1 fully saturated rings. The molecule has 1 aliphatic carbocycles. The molecule has 0 saturated heterocycles. The summed E-state index contributed by atoms with van der Waals surface area (Å²) >= 11 is 1.33. The number of H-pyrrole nitrogens is 1. The summed E-state index contributed by atoms with van der Waals surface area (Å²) in [5.74, 6) is 2.22. The first-order valence-corrected chi connectivity index (χ1v) is 9.47. The minimum Gasteiger partial charge on any atom is -0.269 e. The topological polar surface area (TPSA) is 59.4 Å². The lowest BCUT2D eigenvalue weighted by atomic mass is 10.0. The lowest BCUT2D eigenvalue weighted by Gasteiger charge is -2.06. The van der Waals surface area contributed by atoms with Gasteiger partial charge in [-0.05, 0) is 18.1 Å². The summed E-state index contributed by atoms with van der Waals surface area (Å²) in [7, 11) is 0. The van der Waals surface area contributed by atoms with E-state index in [0.29, 0.717) is 33.7 Å². The normalized spacial score (nSPS) is 15.6. The van der Waals surface area contributed by atoms with E-state index in [-0.39, 0.29) is 0 Å². The van der Waals surface area contributed by atoms with Crippen LogP contribution in [0.3, 0.4) is 0 Å². The molecule has 8 heteroatoms. The van der Waals surface area contributed by atoms with Crippen LogP contribution in [0.5, 0.6) is 0 Å². The highest BCUT2D eigenvalue weighted by molar-refractivity contribution is 7.98. The zero-order valence-corrected chi connectivity index (χ0v) is 14.5. The number of alkyl halides is 2. The molecule has 0 amide bonds. The molecule has 0 bridgehead atoms. The summed E-state index contributed by atoms with van der Waals surface area (Å²) in [6.07, 6.45) is 6.01. The van der Waals surface area contributed by atoms with E-state index in [1.165, 1.54) is 37.4 Å². The second kappa shape index (κ2) is 7.11. The Morgan fingerprint density at radius 2 is 2.00 bits per heavy atom. The van der Waals surface area contributed by atoms with E-state index in [2.05, 4.69) is 20.2 Å². The van der Waals surface area contributed by atoms with Gasteiger partial charge in [0.2, 0.25) is 5.16 Å². The van der Waals surface area contributed by atoms with Crippen LogP contribution in [-0.4, -0.2) is 24.7 Å². The van der Waals surface area contributed by atoms with E-state index in [9.17, 15) is 8.78 Å². The lowest BCUT2D eigenvalue weighted by molar-refractivity contribution is 0.0722. The van der Waals surface area contributed by atoms with Crippen LogP contribution in [0.2, 0.25) is 0 Å². The van der Waals surface area contributed by atoms with Crippen LogP contribution < -0.4 is 0 Å². The second-order valence-corrected chi connectivity index (χ2v) is 7.31. The first-order valence-electron chi connectivity index (χ1n) is 8.49. The Bertz CT molecular complexity index is 854. The zero-order chi connectivity index (χ0) is 17.2. The van der Waals surface area contributed by atoms with E-state index in [0.717, 1.165) is 16.8 Å². The minimum absolute atomic E-state index is 0.305. The molecule has 2 aromatic heterocycles. The van der Waals surface area contributed by atoms with Crippen molar-refractivity contribution < 1.29 is 8.78 Å². The second-order valence-electron chi connectivity index (χ2n) is 6.37. The van der Waals surface area contributed by atoms with Crippen LogP contribution in [0.25, 0.3) is 11.0 Å². The van der Waals surface area contributed by atoms with Crippen LogP contribution in [0.4, 0.5) is 8.78 Å². The molecule has 0 radical (unpaired) electrons. The molecule has 3 aromatic rings. The minimum atomic E-state index is -2.62. The molecule has 1 aromatic carbocycles. The highest BCUT2D eigenvalue weighted by atomic mass is 32.2. The van der Waals surface area contributed by atoms with E-state index < -0.39 is 6.55 Å². The number of imidazole rings is 1. The van der Waals surface area contributed by atoms with Gasteiger partial charge in [-0.25, -0.2) is 9.97 Å². The van der Waals surface area contributed by atoms with Crippen molar-refractivity contribution >= 4 is 22.8 Å². The van der Waals surface area contributed by atoms with Gasteiger partial charge in [0.1, 0.15) is 11.6 Å². The Kier molecular flexibility index (Phi) is 4.70. The van der Waals surface area contributed by atoms with Crippen molar-refractivity contribution in [3.8, 4) is 0 Å². The maximum absolute atomic E-state index is 13.4. The number of halogens is 2. The number of para-hydroxylation sites is 2. The molecular formula is C17H19F2N5S. The molecule has 0 aliphatic heterocycles. The summed E-state index contributed by atoms with van der Waals surface area (Å²) in [5, 5.41) is 7.76. The molecule has 1 aliphatic rings. The molecule has 1 N–H and O–H groups in total. The smallest absolute Gasteiger partial charge is 0.269 e. The number of fused-ring (bicyclic) bond motifs is 1. The quantitative estimate of drug-likeness (QED) is 0.652. The van der Waals surface area contributed by atoms with Crippen molar-refractivity contribution in [2.75, 3.05) is 0 Å². The Labute approximate surface area is 148 Å². The van der Waals surface area contributed by atoms with Crippen LogP contribution in [-0.2, 0) is 12.2 Å². The van der Waals surface area contributed by atoms with Crippen molar-refractivity contribution in [2.45, 2.75) is 49.6 Å². The van der Waals surface area contributed by atoms with E-state index >= 15 is 0 Å². The molecule has 0 unspecified atom stereocenters. The SMILES string of the molecule is FC(F)n1c(CSc2n[nH]c(CC3CCCC3)n2)nc2ccccc21. The van der Waals surface area contributed by atoms with Crippen LogP contribution in [0.15, 0.2) is 29.4 Å². The standard InChI is InChI=1S/C17H19F2N5S/c18-16(19)24-13-8-4-3-7-12(13)20-15(24)10-25-17-21-14(22-23-17)9-11-5-1-2-6-11/h3-4,7-8,11,16H,1-2,5-6,9-10H2,(H,21,22,23). The highest BCUT2D eigenvalue weighted by Gasteiger charge is 2.19. The van der Waals surface area contributed by atoms with Gasteiger partial charge in [0.05, 0.1) is 16.8 Å². The van der Waals surface area contributed by atoms with Gasteiger partial charge < -0.3 is 0 Å². The molecule has 132 valence electrons.